The molecule has 0 amide bonds. The van der Waals surface area contributed by atoms with Crippen LogP contribution < -0.4 is 0 Å². The van der Waals surface area contributed by atoms with E-state index in [0.29, 0.717) is 0 Å². The van der Waals surface area contributed by atoms with E-state index in [1.54, 1.807) is 0 Å². The van der Waals surface area contributed by atoms with Crippen LogP contribution in [0.4, 0.5) is 0 Å². The van der Waals surface area contributed by atoms with Gasteiger partial charge in [0.1, 0.15) is 39.1 Å². The van der Waals surface area contributed by atoms with Crippen molar-refractivity contribution in [3.8, 4) is 11.5 Å². The van der Waals surface area contributed by atoms with Gasteiger partial charge in [0.25, 0.3) is 0 Å². The first kappa shape index (κ1) is 16.5. The van der Waals surface area contributed by atoms with Gasteiger partial charge in [0.2, 0.25) is 0 Å². The Bertz CT molecular complexity index is 471. The molecule has 0 radical (unpaired) electrons. The van der Waals surface area contributed by atoms with Gasteiger partial charge in [-0.25, -0.2) is 0 Å². The molecule has 5 nitrogen and oxygen atoms in total. The fourth-order valence-corrected chi connectivity index (χ4v) is 2.99. The van der Waals surface area contributed by atoms with Crippen LogP contribution in [0.2, 0.25) is 19.6 Å². The Balaban J connectivity index is 2.12. The number of carbonyl (C=O) groups is 1. The summed E-state index contributed by atoms with van der Waals surface area (Å²) in [6, 6.07) is 0. The summed E-state index contributed by atoms with van der Waals surface area (Å²) >= 11 is 0. The van der Waals surface area contributed by atoms with E-state index in [1.165, 1.54) is 6.92 Å². The predicted molar refractivity (Wildman–Crippen MR) is 80.2 cm³/mol. The van der Waals surface area contributed by atoms with E-state index in [-0.39, 0.29) is 37.0 Å². The minimum absolute atomic E-state index is 0.168. The quantitative estimate of drug-likeness (QED) is 0.441. The molecule has 0 aromatic carbocycles. The third-order valence-electron chi connectivity index (χ3n) is 3.19. The van der Waals surface area contributed by atoms with Gasteiger partial charge < -0.3 is 18.9 Å². The third-order valence-corrected chi connectivity index (χ3v) is 4.08. The summed E-state index contributed by atoms with van der Waals surface area (Å²) in [4.78, 5) is 11.0. The largest absolute Gasteiger partial charge is 0.463 e. The fraction of sp³-hybridized carbons (Fsp3) is 0.800. The Labute approximate surface area is 127 Å². The van der Waals surface area contributed by atoms with Gasteiger partial charge in [0.15, 0.2) is 5.79 Å². The smallest absolute Gasteiger partial charge is 0.302 e. The highest BCUT2D eigenvalue weighted by Gasteiger charge is 2.55. The van der Waals surface area contributed by atoms with Gasteiger partial charge in [-0.15, -0.1) is 5.54 Å². The Morgan fingerprint density at radius 2 is 1.86 bits per heavy atom. The van der Waals surface area contributed by atoms with Crippen LogP contribution >= 0.6 is 0 Å². The van der Waals surface area contributed by atoms with Crippen molar-refractivity contribution in [3.05, 3.63) is 0 Å². The lowest BCUT2D eigenvalue weighted by Crippen LogP contribution is -2.33. The van der Waals surface area contributed by atoms with Gasteiger partial charge in [0, 0.05) is 6.92 Å². The molecule has 0 aromatic rings. The van der Waals surface area contributed by atoms with Crippen LogP contribution in [0.15, 0.2) is 0 Å². The van der Waals surface area contributed by atoms with Gasteiger partial charge in [0.05, 0.1) is 0 Å². The highest BCUT2D eigenvalue weighted by Crippen LogP contribution is 2.38. The molecule has 0 spiro atoms. The second-order valence-electron chi connectivity index (χ2n) is 6.98. The van der Waals surface area contributed by atoms with E-state index in [9.17, 15) is 4.79 Å². The zero-order valence-corrected chi connectivity index (χ0v) is 14.6. The summed E-state index contributed by atoms with van der Waals surface area (Å²) in [7, 11) is -1.49. The van der Waals surface area contributed by atoms with Crippen molar-refractivity contribution in [1.82, 2.24) is 0 Å². The van der Waals surface area contributed by atoms with Crippen molar-refractivity contribution in [2.24, 2.45) is 0 Å². The zero-order chi connectivity index (χ0) is 15.8. The molecule has 2 heterocycles. The number of esters is 1. The number of ether oxygens (including phenoxy) is 4. The molecular formula is C15H24O5Si. The zero-order valence-electron chi connectivity index (χ0n) is 13.6. The van der Waals surface area contributed by atoms with Crippen molar-refractivity contribution < 1.29 is 23.7 Å². The molecule has 2 fully saturated rings. The second-order valence-corrected chi connectivity index (χ2v) is 11.7. The Hall–Kier alpha value is -0.873. The first-order chi connectivity index (χ1) is 9.57. The standard InChI is InChI=1S/C15H24O5Si/c1-10(16)17-9-12-14-13(19-15(2,3)20-14)11(18-12)7-8-21(4,5)6/h11-14H,9H2,1-6H3/t11-,12+,13?,14?/m0/s1. The number of rotatable bonds is 2. The SMILES string of the molecule is CC(=O)OC[C@H]1O[C@@H](C#C[Si](C)(C)C)C2OC(C)(C)OC21. The number of hydrogen-bond donors (Lipinski definition) is 0. The van der Waals surface area contributed by atoms with Gasteiger partial charge >= 0.3 is 5.97 Å². The van der Waals surface area contributed by atoms with Crippen molar-refractivity contribution in [2.75, 3.05) is 6.61 Å². The molecule has 4 atom stereocenters. The molecule has 0 aromatic heterocycles. The molecule has 2 aliphatic heterocycles. The van der Waals surface area contributed by atoms with Crippen molar-refractivity contribution in [3.63, 3.8) is 0 Å². The van der Waals surface area contributed by atoms with E-state index in [0.717, 1.165) is 0 Å². The Morgan fingerprint density at radius 3 is 2.43 bits per heavy atom. The average Bonchev–Trinajstić information content (AvgIpc) is 2.77. The van der Waals surface area contributed by atoms with E-state index >= 15 is 0 Å². The lowest BCUT2D eigenvalue weighted by atomic mass is 10.1. The molecule has 21 heavy (non-hydrogen) atoms. The highest BCUT2D eigenvalue weighted by molar-refractivity contribution is 6.83. The minimum atomic E-state index is -1.49. The van der Waals surface area contributed by atoms with Gasteiger partial charge in [-0.05, 0) is 13.8 Å². The molecular weight excluding hydrogens is 288 g/mol. The lowest BCUT2D eigenvalue weighted by molar-refractivity contribution is -0.187. The molecule has 0 bridgehead atoms. The van der Waals surface area contributed by atoms with Crippen molar-refractivity contribution in [2.45, 2.75) is 70.6 Å². The van der Waals surface area contributed by atoms with Crippen LogP contribution in [0.3, 0.4) is 0 Å². The molecule has 6 heteroatoms. The third kappa shape index (κ3) is 4.30. The summed E-state index contributed by atoms with van der Waals surface area (Å²) in [5.74, 6) is 2.20. The Kier molecular flexibility index (Phi) is 4.50. The molecule has 0 aliphatic carbocycles. The summed E-state index contributed by atoms with van der Waals surface area (Å²) in [5, 5.41) is 0. The first-order valence-electron chi connectivity index (χ1n) is 7.24. The number of hydrogen-bond acceptors (Lipinski definition) is 5. The highest BCUT2D eigenvalue weighted by atomic mass is 28.3. The average molecular weight is 312 g/mol. The van der Waals surface area contributed by atoms with Crippen molar-refractivity contribution in [1.29, 1.82) is 0 Å². The van der Waals surface area contributed by atoms with Crippen molar-refractivity contribution >= 4 is 14.0 Å². The van der Waals surface area contributed by atoms with Crippen LogP contribution in [-0.2, 0) is 23.7 Å². The Morgan fingerprint density at radius 1 is 1.24 bits per heavy atom. The van der Waals surface area contributed by atoms with Gasteiger partial charge in [-0.2, -0.15) is 0 Å². The molecule has 0 saturated carbocycles. The number of carbonyl (C=O) groups excluding carboxylic acids is 1. The lowest BCUT2D eigenvalue weighted by Gasteiger charge is -2.22. The summed E-state index contributed by atoms with van der Waals surface area (Å²) in [6.45, 7) is 11.8. The van der Waals surface area contributed by atoms with Crippen LogP contribution in [0.5, 0.6) is 0 Å². The summed E-state index contributed by atoms with van der Waals surface area (Å²) in [5.41, 5.74) is 3.31. The minimum Gasteiger partial charge on any atom is -0.463 e. The van der Waals surface area contributed by atoms with Crippen LogP contribution in [0.25, 0.3) is 0 Å². The van der Waals surface area contributed by atoms with Gasteiger partial charge in [-0.3, -0.25) is 4.79 Å². The fourth-order valence-electron chi connectivity index (χ4n) is 2.42. The van der Waals surface area contributed by atoms with E-state index in [2.05, 4.69) is 31.1 Å². The molecule has 2 aliphatic rings. The topological polar surface area (TPSA) is 54.0 Å². The number of fused-ring (bicyclic) bond motifs is 1. The predicted octanol–water partition coefficient (Wildman–Crippen LogP) is 1.72. The molecule has 2 saturated heterocycles. The van der Waals surface area contributed by atoms with Crippen LogP contribution in [-0.4, -0.2) is 50.9 Å². The van der Waals surface area contributed by atoms with E-state index < -0.39 is 13.9 Å². The maximum absolute atomic E-state index is 11.0. The first-order valence-corrected chi connectivity index (χ1v) is 10.7. The second kappa shape index (κ2) is 5.73. The van der Waals surface area contributed by atoms with Crippen LogP contribution in [0.1, 0.15) is 20.8 Å². The van der Waals surface area contributed by atoms with E-state index in [4.69, 9.17) is 18.9 Å². The van der Waals surface area contributed by atoms with Gasteiger partial charge in [-0.1, -0.05) is 25.6 Å². The summed E-state index contributed by atoms with van der Waals surface area (Å²) in [6.07, 6.45) is -1.14. The van der Waals surface area contributed by atoms with E-state index in [1.807, 2.05) is 13.8 Å². The monoisotopic (exact) mass is 312 g/mol. The molecule has 2 unspecified atom stereocenters. The maximum atomic E-state index is 11.0. The normalized spacial score (nSPS) is 34.0. The molecule has 2 rings (SSSR count). The molecule has 118 valence electrons. The van der Waals surface area contributed by atoms with Crippen LogP contribution in [0, 0.1) is 11.5 Å². The maximum Gasteiger partial charge on any atom is 0.302 e. The molecule has 0 N–H and O–H groups in total. The summed E-state index contributed by atoms with van der Waals surface area (Å²) < 4.78 is 22.7.